The first-order valence-corrected chi connectivity index (χ1v) is 8.97. The zero-order chi connectivity index (χ0) is 24.4. The lowest BCUT2D eigenvalue weighted by molar-refractivity contribution is -0.203. The van der Waals surface area contributed by atoms with Crippen molar-refractivity contribution in [3.05, 3.63) is 40.4 Å². The lowest BCUT2D eigenvalue weighted by Gasteiger charge is -2.10. The molecule has 1 heterocycles. The Balaban J connectivity index is 2.38. The lowest BCUT2D eigenvalue weighted by Crippen LogP contribution is -2.36. The van der Waals surface area contributed by atoms with Crippen LogP contribution in [0.3, 0.4) is 0 Å². The smallest absolute Gasteiger partial charge is 0.395 e. The molecule has 0 amide bonds. The number of carbonyl (C=O) groups is 1. The van der Waals surface area contributed by atoms with Gasteiger partial charge in [-0.2, -0.15) is 23.9 Å². The Morgan fingerprint density at radius 1 is 1.36 bits per heavy atom. The number of nitrogens with one attached hydrogen (secondary N) is 3. The molecule has 12 nitrogen and oxygen atoms in total. The van der Waals surface area contributed by atoms with E-state index in [0.717, 1.165) is 18.2 Å². The molecule has 0 unspecified atom stereocenters. The molecule has 2 rings (SSSR count). The standard InChI is InChI=1S/C16H13ClF4N8O4/c17-9-5-8(1-2-10(9)18)26-13(29-32-14(31)16(19,20)21)12-11(27-33-28-12)6-24-15(25-7-22)23-3-4-30/h1-2,5,30H,3-4,6H2,(H,26,29)(H2,23,24,25). The molecule has 0 bridgehead atoms. The van der Waals surface area contributed by atoms with E-state index in [9.17, 15) is 22.4 Å². The molecule has 17 heteroatoms. The number of hydroxylamine groups is 1. The predicted molar refractivity (Wildman–Crippen MR) is 102 cm³/mol. The van der Waals surface area contributed by atoms with Crippen molar-refractivity contribution in [3.63, 3.8) is 0 Å². The Morgan fingerprint density at radius 3 is 2.76 bits per heavy atom. The van der Waals surface area contributed by atoms with Crippen LogP contribution in [0, 0.1) is 17.3 Å². The summed E-state index contributed by atoms with van der Waals surface area (Å²) in [6, 6.07) is 3.12. The molecule has 1 aromatic carbocycles. The van der Waals surface area contributed by atoms with E-state index in [-0.39, 0.29) is 47.8 Å². The maximum absolute atomic E-state index is 13.4. The fraction of sp³-hybridized carbons (Fsp3) is 0.250. The number of aliphatic imine (C=N–C) groups is 2. The highest BCUT2D eigenvalue weighted by molar-refractivity contribution is 6.31. The Morgan fingerprint density at radius 2 is 2.12 bits per heavy atom. The summed E-state index contributed by atoms with van der Waals surface area (Å²) in [6.07, 6.45) is -3.71. The monoisotopic (exact) mass is 492 g/mol. The number of nitriles is 1. The van der Waals surface area contributed by atoms with Gasteiger partial charge in [0.2, 0.25) is 5.96 Å². The first-order valence-electron chi connectivity index (χ1n) is 8.59. The van der Waals surface area contributed by atoms with Crippen LogP contribution in [-0.2, 0) is 16.2 Å². The normalized spacial score (nSPS) is 12.2. The van der Waals surface area contributed by atoms with Crippen LogP contribution in [0.5, 0.6) is 0 Å². The summed E-state index contributed by atoms with van der Waals surface area (Å²) < 4.78 is 55.4. The van der Waals surface area contributed by atoms with Gasteiger partial charge in [0.25, 0.3) is 0 Å². The summed E-state index contributed by atoms with van der Waals surface area (Å²) in [6.45, 7) is -0.571. The minimum absolute atomic E-state index is 0.0461. The average Bonchev–Trinajstić information content (AvgIpc) is 3.23. The van der Waals surface area contributed by atoms with Crippen LogP contribution >= 0.6 is 11.6 Å². The number of hydrogen-bond donors (Lipinski definition) is 4. The van der Waals surface area contributed by atoms with Crippen LogP contribution in [0.15, 0.2) is 32.8 Å². The number of aliphatic hydroxyl groups is 1. The van der Waals surface area contributed by atoms with Crippen LogP contribution in [0.4, 0.5) is 23.2 Å². The molecule has 0 saturated carbocycles. The summed E-state index contributed by atoms with van der Waals surface area (Å²) in [5, 5.41) is 29.1. The summed E-state index contributed by atoms with van der Waals surface area (Å²) in [4.78, 5) is 22.9. The van der Waals surface area contributed by atoms with Crippen molar-refractivity contribution in [2.24, 2.45) is 9.98 Å². The number of aliphatic hydroxyl groups excluding tert-OH is 1. The highest BCUT2D eigenvalue weighted by Crippen LogP contribution is 2.23. The van der Waals surface area contributed by atoms with Crippen LogP contribution in [0.25, 0.3) is 0 Å². The van der Waals surface area contributed by atoms with Gasteiger partial charge in [0.05, 0.1) is 23.9 Å². The van der Waals surface area contributed by atoms with Gasteiger partial charge in [-0.15, -0.1) is 0 Å². The van der Waals surface area contributed by atoms with Crippen molar-refractivity contribution >= 4 is 35.1 Å². The molecule has 1 aromatic heterocycles. The molecule has 0 radical (unpaired) electrons. The van der Waals surface area contributed by atoms with E-state index in [1.807, 2.05) is 0 Å². The van der Waals surface area contributed by atoms with Gasteiger partial charge in [0.15, 0.2) is 17.7 Å². The van der Waals surface area contributed by atoms with Gasteiger partial charge in [-0.05, 0) is 23.4 Å². The van der Waals surface area contributed by atoms with Gasteiger partial charge in [-0.25, -0.2) is 23.8 Å². The van der Waals surface area contributed by atoms with E-state index >= 15 is 0 Å². The van der Waals surface area contributed by atoms with Crippen LogP contribution in [0.1, 0.15) is 11.4 Å². The predicted octanol–water partition coefficient (Wildman–Crippen LogP) is 1.06. The summed E-state index contributed by atoms with van der Waals surface area (Å²) in [5.74, 6) is -4.02. The van der Waals surface area contributed by atoms with Crippen molar-refractivity contribution in [1.82, 2.24) is 26.4 Å². The molecule has 0 saturated heterocycles. The quantitative estimate of drug-likeness (QED) is 0.114. The molecule has 0 fully saturated rings. The number of rotatable bonds is 6. The van der Waals surface area contributed by atoms with Gasteiger partial charge in [0.1, 0.15) is 11.5 Å². The lowest BCUT2D eigenvalue weighted by atomic mass is 10.3. The average molecular weight is 493 g/mol. The van der Waals surface area contributed by atoms with Gasteiger partial charge >= 0.3 is 12.1 Å². The zero-order valence-corrected chi connectivity index (χ0v) is 16.9. The van der Waals surface area contributed by atoms with E-state index in [1.54, 1.807) is 11.7 Å². The molecule has 0 spiro atoms. The molecule has 4 N–H and O–H groups in total. The largest absolute Gasteiger partial charge is 0.493 e. The number of benzene rings is 1. The Bertz CT molecular complexity index is 1080. The van der Waals surface area contributed by atoms with E-state index in [1.165, 1.54) is 0 Å². The van der Waals surface area contributed by atoms with Crippen molar-refractivity contribution in [2.75, 3.05) is 13.2 Å². The van der Waals surface area contributed by atoms with Gasteiger partial charge in [-0.1, -0.05) is 16.8 Å². The first-order chi connectivity index (χ1) is 15.7. The summed E-state index contributed by atoms with van der Waals surface area (Å²) >= 11 is 5.68. The van der Waals surface area contributed by atoms with Gasteiger partial charge < -0.3 is 15.3 Å². The van der Waals surface area contributed by atoms with E-state index < -0.39 is 23.8 Å². The van der Waals surface area contributed by atoms with Crippen molar-refractivity contribution < 1.29 is 36.9 Å². The number of aromatic nitrogens is 2. The van der Waals surface area contributed by atoms with Crippen molar-refractivity contribution in [3.8, 4) is 6.19 Å². The molecule has 0 aliphatic heterocycles. The highest BCUT2D eigenvalue weighted by Gasteiger charge is 2.42. The van der Waals surface area contributed by atoms with Crippen molar-refractivity contribution in [1.29, 1.82) is 5.26 Å². The number of nitrogens with zero attached hydrogens (tertiary/aromatic N) is 5. The number of alkyl halides is 3. The number of amidine groups is 1. The van der Waals surface area contributed by atoms with Crippen LogP contribution in [0.2, 0.25) is 5.02 Å². The number of guanidine groups is 1. The van der Waals surface area contributed by atoms with E-state index in [2.05, 4.69) is 40.4 Å². The summed E-state index contributed by atoms with van der Waals surface area (Å²) in [5.41, 5.74) is 1.22. The maximum atomic E-state index is 13.4. The zero-order valence-electron chi connectivity index (χ0n) is 16.2. The topological polar surface area (TPSA) is 170 Å². The minimum Gasteiger partial charge on any atom is -0.395 e. The third-order valence-electron chi connectivity index (χ3n) is 3.36. The van der Waals surface area contributed by atoms with Gasteiger partial charge in [-0.3, -0.25) is 5.32 Å². The Kier molecular flexibility index (Phi) is 8.89. The van der Waals surface area contributed by atoms with E-state index in [0.29, 0.717) is 0 Å². The molecular formula is C16H13ClF4N8O4. The van der Waals surface area contributed by atoms with Gasteiger partial charge in [0, 0.05) is 6.54 Å². The third-order valence-corrected chi connectivity index (χ3v) is 3.65. The molecule has 0 atom stereocenters. The molecule has 0 aliphatic rings. The third kappa shape index (κ3) is 7.59. The fourth-order valence-corrected chi connectivity index (χ4v) is 2.15. The van der Waals surface area contributed by atoms with Crippen LogP contribution < -0.4 is 16.1 Å². The molecule has 2 aromatic rings. The summed E-state index contributed by atoms with van der Waals surface area (Å²) in [7, 11) is 0. The Labute approximate surface area is 186 Å². The SMILES string of the molecule is N#CNC(=NCc1nonc1C(=Nc1ccc(F)c(Cl)c1)NOC(=O)C(F)(F)F)NCCO. The molecular weight excluding hydrogens is 480 g/mol. The van der Waals surface area contributed by atoms with Crippen molar-refractivity contribution in [2.45, 2.75) is 12.7 Å². The number of carbonyl (C=O) groups excluding carboxylic acids is 1. The fourth-order valence-electron chi connectivity index (χ4n) is 1.97. The molecule has 176 valence electrons. The first kappa shape index (κ1) is 25.3. The Hall–Kier alpha value is -3.97. The second-order valence-electron chi connectivity index (χ2n) is 5.66. The minimum atomic E-state index is -5.32. The second kappa shape index (κ2) is 11.6. The molecule has 0 aliphatic carbocycles. The number of hydrogen-bond acceptors (Lipinski definition) is 9. The maximum Gasteiger partial charge on any atom is 0.493 e. The van der Waals surface area contributed by atoms with E-state index in [4.69, 9.17) is 22.0 Å². The molecule has 33 heavy (non-hydrogen) atoms. The highest BCUT2D eigenvalue weighted by atomic mass is 35.5. The second-order valence-corrected chi connectivity index (χ2v) is 6.07. The van der Waals surface area contributed by atoms with Crippen LogP contribution in [-0.4, -0.2) is 52.5 Å². The number of halogens is 5.